The topological polar surface area (TPSA) is 110 Å². The maximum absolute atomic E-state index is 13.0. The number of nitro benzene ring substituents is 1. The molecule has 1 saturated heterocycles. The van der Waals surface area contributed by atoms with Crippen LogP contribution in [0.2, 0.25) is 0 Å². The Balaban J connectivity index is 2.24. The molecular weight excluding hydrogens is 358 g/mol. The molecule has 1 fully saturated rings. The van der Waals surface area contributed by atoms with Gasteiger partial charge in [0, 0.05) is 24.7 Å². The summed E-state index contributed by atoms with van der Waals surface area (Å²) in [6.45, 7) is 4.19. The van der Waals surface area contributed by atoms with Crippen LogP contribution in [-0.4, -0.2) is 42.2 Å². The largest absolute Gasteiger partial charge is 0.352 e. The molecule has 0 aliphatic carbocycles. The van der Waals surface area contributed by atoms with Gasteiger partial charge >= 0.3 is 0 Å². The molecule has 1 aromatic carbocycles. The van der Waals surface area contributed by atoms with Crippen molar-refractivity contribution in [3.05, 3.63) is 34.4 Å². The van der Waals surface area contributed by atoms with E-state index < -0.39 is 21.0 Å². The van der Waals surface area contributed by atoms with E-state index in [9.17, 15) is 23.3 Å². The van der Waals surface area contributed by atoms with E-state index in [0.717, 1.165) is 31.4 Å². The number of piperidine rings is 1. The summed E-state index contributed by atoms with van der Waals surface area (Å²) >= 11 is 0. The third-order valence-electron chi connectivity index (χ3n) is 4.52. The molecule has 1 N–H and O–H groups in total. The van der Waals surface area contributed by atoms with Crippen LogP contribution in [0.1, 0.15) is 46.0 Å². The van der Waals surface area contributed by atoms with Crippen molar-refractivity contribution in [1.29, 1.82) is 0 Å². The number of amides is 1. The quantitative estimate of drug-likeness (QED) is 0.574. The number of hydrogen-bond donors (Lipinski definition) is 1. The smallest absolute Gasteiger partial charge is 0.269 e. The van der Waals surface area contributed by atoms with Crippen LogP contribution in [0.25, 0.3) is 0 Å². The maximum Gasteiger partial charge on any atom is 0.269 e. The molecule has 0 spiro atoms. The van der Waals surface area contributed by atoms with Gasteiger partial charge in [-0.05, 0) is 38.3 Å². The molecule has 1 aromatic rings. The lowest BCUT2D eigenvalue weighted by molar-refractivity contribution is -0.384. The molecule has 1 aliphatic heterocycles. The number of carbonyl (C=O) groups is 1. The third kappa shape index (κ3) is 4.59. The number of nitrogens with zero attached hydrogens (tertiary/aromatic N) is 2. The summed E-state index contributed by atoms with van der Waals surface area (Å²) in [7, 11) is -3.90. The number of non-ortho nitro benzene ring substituents is 1. The van der Waals surface area contributed by atoms with E-state index >= 15 is 0 Å². The highest BCUT2D eigenvalue weighted by molar-refractivity contribution is 7.89. The summed E-state index contributed by atoms with van der Waals surface area (Å²) in [5, 5.41) is 13.6. The van der Waals surface area contributed by atoms with Crippen molar-refractivity contribution in [3.8, 4) is 0 Å². The zero-order chi connectivity index (χ0) is 19.3. The average molecular weight is 383 g/mol. The van der Waals surface area contributed by atoms with E-state index in [1.807, 2.05) is 13.8 Å². The lowest BCUT2D eigenvalue weighted by Crippen LogP contribution is -2.53. The van der Waals surface area contributed by atoms with Gasteiger partial charge in [-0.25, -0.2) is 8.42 Å². The second-order valence-corrected chi connectivity index (χ2v) is 8.47. The fourth-order valence-corrected chi connectivity index (χ4v) is 4.83. The van der Waals surface area contributed by atoms with Gasteiger partial charge in [0.25, 0.3) is 5.69 Å². The van der Waals surface area contributed by atoms with Crippen molar-refractivity contribution in [2.45, 2.75) is 62.9 Å². The summed E-state index contributed by atoms with van der Waals surface area (Å²) in [5.41, 5.74) is -0.176. The van der Waals surface area contributed by atoms with Gasteiger partial charge in [-0.1, -0.05) is 19.8 Å². The Morgan fingerprint density at radius 3 is 2.58 bits per heavy atom. The SMILES string of the molecule is CCC[C@H](C)NC(=O)[C@@H]1CCCCN1S(=O)(=O)c1ccc([N+](=O)[O-])cc1. The van der Waals surface area contributed by atoms with E-state index in [1.165, 1.54) is 16.4 Å². The predicted molar refractivity (Wildman–Crippen MR) is 97.1 cm³/mol. The number of benzene rings is 1. The van der Waals surface area contributed by atoms with Crippen molar-refractivity contribution in [2.24, 2.45) is 0 Å². The summed E-state index contributed by atoms with van der Waals surface area (Å²) in [6.07, 6.45) is 3.69. The molecular formula is C17H25N3O5S. The molecule has 26 heavy (non-hydrogen) atoms. The minimum absolute atomic E-state index is 0.0154. The highest BCUT2D eigenvalue weighted by Gasteiger charge is 2.38. The van der Waals surface area contributed by atoms with Crippen molar-refractivity contribution in [3.63, 3.8) is 0 Å². The summed E-state index contributed by atoms with van der Waals surface area (Å²) in [5.74, 6) is -0.281. The van der Waals surface area contributed by atoms with Gasteiger partial charge in [0.2, 0.25) is 15.9 Å². The number of nitrogens with one attached hydrogen (secondary N) is 1. The molecule has 2 atom stereocenters. The monoisotopic (exact) mass is 383 g/mol. The first-order valence-corrected chi connectivity index (χ1v) is 10.3. The number of rotatable bonds is 7. The van der Waals surface area contributed by atoms with Crippen molar-refractivity contribution in [2.75, 3.05) is 6.54 Å². The first-order chi connectivity index (χ1) is 12.3. The first kappa shape index (κ1) is 20.3. The van der Waals surface area contributed by atoms with Crippen molar-refractivity contribution >= 4 is 21.6 Å². The number of sulfonamides is 1. The molecule has 1 heterocycles. The van der Waals surface area contributed by atoms with E-state index in [4.69, 9.17) is 0 Å². The summed E-state index contributed by atoms with van der Waals surface area (Å²) in [6, 6.07) is 4.00. The Hall–Kier alpha value is -2.00. The highest BCUT2D eigenvalue weighted by atomic mass is 32.2. The Morgan fingerprint density at radius 2 is 2.00 bits per heavy atom. The fourth-order valence-electron chi connectivity index (χ4n) is 3.17. The van der Waals surface area contributed by atoms with Crippen LogP contribution in [0.3, 0.4) is 0 Å². The number of hydrogen-bond acceptors (Lipinski definition) is 5. The van der Waals surface area contributed by atoms with E-state index in [-0.39, 0.29) is 29.1 Å². The normalized spacial score (nSPS) is 19.7. The number of nitro groups is 1. The Bertz CT molecular complexity index is 748. The number of carbonyl (C=O) groups excluding carboxylic acids is 1. The van der Waals surface area contributed by atoms with Crippen LogP contribution in [0, 0.1) is 10.1 Å². The molecule has 0 unspecified atom stereocenters. The van der Waals surface area contributed by atoms with Gasteiger partial charge in [-0.15, -0.1) is 0 Å². The van der Waals surface area contributed by atoms with Crippen molar-refractivity contribution in [1.82, 2.24) is 9.62 Å². The minimum atomic E-state index is -3.90. The van der Waals surface area contributed by atoms with Crippen LogP contribution in [0.15, 0.2) is 29.2 Å². The average Bonchev–Trinajstić information content (AvgIpc) is 2.62. The summed E-state index contributed by atoms with van der Waals surface area (Å²) < 4.78 is 27.2. The second kappa shape index (κ2) is 8.59. The first-order valence-electron chi connectivity index (χ1n) is 8.84. The van der Waals surface area contributed by atoms with Crippen molar-refractivity contribution < 1.29 is 18.1 Å². The van der Waals surface area contributed by atoms with Gasteiger partial charge in [0.15, 0.2) is 0 Å². The van der Waals surface area contributed by atoms with Crippen LogP contribution in [-0.2, 0) is 14.8 Å². The fraction of sp³-hybridized carbons (Fsp3) is 0.588. The predicted octanol–water partition coefficient (Wildman–Crippen LogP) is 2.44. The van der Waals surface area contributed by atoms with E-state index in [0.29, 0.717) is 12.8 Å². The second-order valence-electron chi connectivity index (χ2n) is 6.58. The standard InChI is InChI=1S/C17H25N3O5S/c1-3-6-13(2)18-17(21)16-7-4-5-12-19(16)26(24,25)15-10-8-14(9-11-15)20(22)23/h8-11,13,16H,3-7,12H2,1-2H3,(H,18,21)/t13-,16-/m0/s1. The van der Waals surface area contributed by atoms with Gasteiger partial charge in [0.1, 0.15) is 6.04 Å². The maximum atomic E-state index is 13.0. The molecule has 1 aliphatic rings. The molecule has 8 nitrogen and oxygen atoms in total. The third-order valence-corrected chi connectivity index (χ3v) is 6.44. The molecule has 0 radical (unpaired) electrons. The van der Waals surface area contributed by atoms with Crippen LogP contribution in [0.5, 0.6) is 0 Å². The lowest BCUT2D eigenvalue weighted by atomic mass is 10.0. The molecule has 9 heteroatoms. The van der Waals surface area contributed by atoms with Crippen LogP contribution >= 0.6 is 0 Å². The molecule has 0 bridgehead atoms. The molecule has 0 saturated carbocycles. The molecule has 1 amide bonds. The molecule has 2 rings (SSSR count). The van der Waals surface area contributed by atoms with Gasteiger partial charge in [-0.2, -0.15) is 4.31 Å². The minimum Gasteiger partial charge on any atom is -0.352 e. The van der Waals surface area contributed by atoms with Crippen LogP contribution in [0.4, 0.5) is 5.69 Å². The Kier molecular flexibility index (Phi) is 6.71. The van der Waals surface area contributed by atoms with E-state index in [1.54, 1.807) is 0 Å². The zero-order valence-electron chi connectivity index (χ0n) is 15.1. The molecule has 144 valence electrons. The Morgan fingerprint density at radius 1 is 1.35 bits per heavy atom. The van der Waals surface area contributed by atoms with Gasteiger partial charge in [-0.3, -0.25) is 14.9 Å². The van der Waals surface area contributed by atoms with Crippen LogP contribution < -0.4 is 5.32 Å². The van der Waals surface area contributed by atoms with Gasteiger partial charge < -0.3 is 5.32 Å². The summed E-state index contributed by atoms with van der Waals surface area (Å²) in [4.78, 5) is 22.7. The molecule has 0 aromatic heterocycles. The Labute approximate surface area is 153 Å². The lowest BCUT2D eigenvalue weighted by Gasteiger charge is -2.34. The zero-order valence-corrected chi connectivity index (χ0v) is 15.9. The van der Waals surface area contributed by atoms with Gasteiger partial charge in [0.05, 0.1) is 9.82 Å². The van der Waals surface area contributed by atoms with E-state index in [2.05, 4.69) is 5.32 Å². The highest BCUT2D eigenvalue weighted by Crippen LogP contribution is 2.27.